The van der Waals surface area contributed by atoms with Gasteiger partial charge in [0, 0.05) is 16.5 Å². The third-order valence-corrected chi connectivity index (χ3v) is 7.97. The molecular formula is C25H26ClF2N7O3. The first kappa shape index (κ1) is 20.7. The predicted molar refractivity (Wildman–Crippen MR) is 138 cm³/mol. The maximum atomic E-state index is 15.0. The van der Waals surface area contributed by atoms with Gasteiger partial charge < -0.3 is 25.0 Å². The second-order valence-electron chi connectivity index (χ2n) is 10.3. The second-order valence-corrected chi connectivity index (χ2v) is 10.7. The molecule has 3 aromatic heterocycles. The Morgan fingerprint density at radius 2 is 2.00 bits per heavy atom. The highest BCUT2D eigenvalue weighted by Gasteiger charge is 2.51. The molecule has 3 fully saturated rings. The van der Waals surface area contributed by atoms with Crippen molar-refractivity contribution in [2.24, 2.45) is 12.9 Å². The number of rotatable bonds is 4. The standard InChI is InChI=1S/C25H26ClF2N7O3/c1-34-22-16(18-19(23(34)36)38-11-25(27,28)20(32-18)12-2-3-12)6-13(7-29-22)31-21-17(26)8-30-24(33-21)35-14-4-5-15(35)10-37-9-14/h6-8,12,14-15,20,32H,2-5,9-11H2,1H3,(H,30,31,33)/t14?,15?,20-/m0/s1/i1D3. The molecule has 4 aliphatic rings. The summed E-state index contributed by atoms with van der Waals surface area (Å²) >= 11 is 6.44. The number of hydrogen-bond acceptors (Lipinski definition) is 9. The van der Waals surface area contributed by atoms with Gasteiger partial charge in [0.15, 0.2) is 12.4 Å². The Kier molecular flexibility index (Phi) is 4.70. The second kappa shape index (κ2) is 8.63. The van der Waals surface area contributed by atoms with E-state index in [4.69, 9.17) is 25.2 Å². The number of aryl methyl sites for hydroxylation is 1. The van der Waals surface area contributed by atoms with Crippen LogP contribution in [0.15, 0.2) is 23.3 Å². The normalized spacial score (nSPS) is 27.4. The van der Waals surface area contributed by atoms with Gasteiger partial charge in [-0.3, -0.25) is 9.36 Å². The van der Waals surface area contributed by atoms with E-state index in [9.17, 15) is 4.79 Å². The van der Waals surface area contributed by atoms with Gasteiger partial charge in [0.05, 0.1) is 55.1 Å². The average Bonchev–Trinajstić information content (AvgIpc) is 3.72. The fourth-order valence-corrected chi connectivity index (χ4v) is 5.80. The third kappa shape index (κ3) is 3.84. The van der Waals surface area contributed by atoms with Crippen LogP contribution < -0.4 is 25.8 Å². The highest BCUT2D eigenvalue weighted by atomic mass is 35.5. The van der Waals surface area contributed by atoms with E-state index in [-0.39, 0.29) is 45.6 Å². The van der Waals surface area contributed by atoms with Crippen LogP contribution in [0.5, 0.6) is 5.75 Å². The molecule has 2 saturated heterocycles. The topological polar surface area (TPSA) is 106 Å². The number of aromatic nitrogens is 4. The SMILES string of the molecule is [2H]C([2H])([2H])n1c(=O)c2c(c3cc(Nc4nc(N5C6CCC5COC6)ncc4Cl)cnc31)N[C@@H](C1CC1)C(F)(F)CO2. The van der Waals surface area contributed by atoms with Gasteiger partial charge >= 0.3 is 5.92 Å². The molecule has 10 nitrogen and oxygen atoms in total. The molecular weight excluding hydrogens is 520 g/mol. The van der Waals surface area contributed by atoms with Gasteiger partial charge in [-0.25, -0.2) is 18.7 Å². The number of anilines is 4. The first-order valence-electron chi connectivity index (χ1n) is 14.0. The van der Waals surface area contributed by atoms with Crippen molar-refractivity contribution in [3.8, 4) is 5.75 Å². The molecule has 0 radical (unpaired) electrons. The van der Waals surface area contributed by atoms with E-state index in [1.54, 1.807) is 0 Å². The largest absolute Gasteiger partial charge is 0.480 e. The molecule has 2 bridgehead atoms. The maximum absolute atomic E-state index is 15.0. The summed E-state index contributed by atoms with van der Waals surface area (Å²) in [6.45, 7) is -2.81. The molecule has 1 saturated carbocycles. The van der Waals surface area contributed by atoms with Crippen molar-refractivity contribution in [2.75, 3.05) is 35.4 Å². The monoisotopic (exact) mass is 548 g/mol. The highest BCUT2D eigenvalue weighted by Crippen LogP contribution is 2.45. The van der Waals surface area contributed by atoms with E-state index >= 15 is 8.78 Å². The zero-order valence-corrected chi connectivity index (χ0v) is 20.8. The van der Waals surface area contributed by atoms with Crippen molar-refractivity contribution < 1.29 is 22.4 Å². The third-order valence-electron chi connectivity index (χ3n) is 7.69. The lowest BCUT2D eigenvalue weighted by molar-refractivity contribution is -0.0579. The summed E-state index contributed by atoms with van der Waals surface area (Å²) in [5.41, 5.74) is -0.943. The van der Waals surface area contributed by atoms with Crippen molar-refractivity contribution >= 4 is 45.8 Å². The van der Waals surface area contributed by atoms with Crippen molar-refractivity contribution in [2.45, 2.75) is 49.7 Å². The van der Waals surface area contributed by atoms with Crippen molar-refractivity contribution in [3.63, 3.8) is 0 Å². The van der Waals surface area contributed by atoms with Gasteiger partial charge in [0.1, 0.15) is 10.7 Å². The molecule has 2 N–H and O–H groups in total. The van der Waals surface area contributed by atoms with E-state index < -0.39 is 36.9 Å². The van der Waals surface area contributed by atoms with Crippen LogP contribution in [0, 0.1) is 5.92 Å². The summed E-state index contributed by atoms with van der Waals surface area (Å²) in [4.78, 5) is 28.8. The zero-order chi connectivity index (χ0) is 28.7. The Hall–Kier alpha value is -3.25. The average molecular weight is 549 g/mol. The lowest BCUT2D eigenvalue weighted by Gasteiger charge is -2.34. The van der Waals surface area contributed by atoms with E-state index in [2.05, 4.69) is 30.5 Å². The molecule has 2 unspecified atom stereocenters. The Balaban J connectivity index is 1.32. The summed E-state index contributed by atoms with van der Waals surface area (Å²) in [7, 11) is 0. The summed E-state index contributed by atoms with van der Waals surface area (Å²) in [6, 6.07) is 0.569. The number of alkyl halides is 2. The van der Waals surface area contributed by atoms with Gasteiger partial charge in [-0.05, 0) is 37.7 Å². The molecule has 6 heterocycles. The summed E-state index contributed by atoms with van der Waals surface area (Å²) in [5.74, 6) is -3.29. The number of nitrogens with zero attached hydrogens (tertiary/aromatic N) is 5. The fourth-order valence-electron chi connectivity index (χ4n) is 5.67. The number of nitrogens with one attached hydrogen (secondary N) is 2. The first-order chi connectivity index (χ1) is 19.5. The quantitative estimate of drug-likeness (QED) is 0.504. The summed E-state index contributed by atoms with van der Waals surface area (Å²) in [5, 5.41) is 6.30. The van der Waals surface area contributed by atoms with E-state index in [1.807, 2.05) is 0 Å². The van der Waals surface area contributed by atoms with E-state index in [0.29, 0.717) is 42.3 Å². The molecule has 13 heteroatoms. The molecule has 1 aliphatic carbocycles. The number of halogens is 3. The van der Waals surface area contributed by atoms with Crippen LogP contribution in [0.1, 0.15) is 29.8 Å². The Bertz CT molecular complexity index is 1590. The minimum atomic E-state index is -3.28. The van der Waals surface area contributed by atoms with Gasteiger partial charge in [-0.1, -0.05) is 11.6 Å². The van der Waals surface area contributed by atoms with Gasteiger partial charge in [-0.2, -0.15) is 4.98 Å². The highest BCUT2D eigenvalue weighted by molar-refractivity contribution is 6.32. The maximum Gasteiger partial charge on any atom is 0.301 e. The molecule has 3 aliphatic heterocycles. The minimum absolute atomic E-state index is 0.0184. The molecule has 3 atom stereocenters. The molecule has 0 aromatic carbocycles. The van der Waals surface area contributed by atoms with Crippen molar-refractivity contribution in [1.29, 1.82) is 0 Å². The molecule has 200 valence electrons. The van der Waals surface area contributed by atoms with Crippen LogP contribution in [0.3, 0.4) is 0 Å². The first-order valence-corrected chi connectivity index (χ1v) is 12.9. The van der Waals surface area contributed by atoms with Crippen LogP contribution in [0.25, 0.3) is 11.0 Å². The van der Waals surface area contributed by atoms with Gasteiger partial charge in [0.2, 0.25) is 11.7 Å². The lowest BCUT2D eigenvalue weighted by Crippen LogP contribution is -2.46. The van der Waals surface area contributed by atoms with E-state index in [0.717, 1.165) is 12.8 Å². The minimum Gasteiger partial charge on any atom is -0.480 e. The fraction of sp³-hybridized carbons (Fsp3) is 0.520. The molecule has 38 heavy (non-hydrogen) atoms. The summed E-state index contributed by atoms with van der Waals surface area (Å²) < 4.78 is 65.4. The molecule has 3 aromatic rings. The van der Waals surface area contributed by atoms with Crippen LogP contribution >= 0.6 is 11.6 Å². The van der Waals surface area contributed by atoms with Crippen LogP contribution in [0.4, 0.5) is 31.9 Å². The Morgan fingerprint density at radius 1 is 1.21 bits per heavy atom. The summed E-state index contributed by atoms with van der Waals surface area (Å²) in [6.07, 6.45) is 5.98. The molecule has 0 amide bonds. The van der Waals surface area contributed by atoms with Crippen LogP contribution in [0.2, 0.25) is 5.02 Å². The Labute approximate surface area is 225 Å². The number of morpholine rings is 1. The molecule has 7 rings (SSSR count). The Morgan fingerprint density at radius 3 is 2.74 bits per heavy atom. The number of hydrogen-bond donors (Lipinski definition) is 2. The van der Waals surface area contributed by atoms with Crippen LogP contribution in [-0.2, 0) is 11.7 Å². The van der Waals surface area contributed by atoms with Crippen molar-refractivity contribution in [3.05, 3.63) is 33.8 Å². The van der Waals surface area contributed by atoms with Crippen molar-refractivity contribution in [1.82, 2.24) is 19.5 Å². The lowest BCUT2D eigenvalue weighted by atomic mass is 10.1. The number of pyridine rings is 2. The number of fused-ring (bicyclic) bond motifs is 5. The van der Waals surface area contributed by atoms with Gasteiger partial charge in [-0.15, -0.1) is 0 Å². The van der Waals surface area contributed by atoms with Crippen LogP contribution in [-0.4, -0.2) is 63.4 Å². The van der Waals surface area contributed by atoms with E-state index in [1.165, 1.54) is 18.5 Å². The predicted octanol–water partition coefficient (Wildman–Crippen LogP) is 3.71. The zero-order valence-electron chi connectivity index (χ0n) is 23.1. The number of ether oxygens (including phenoxy) is 2. The van der Waals surface area contributed by atoms with Gasteiger partial charge in [0.25, 0.3) is 5.56 Å². The molecule has 0 spiro atoms. The smallest absolute Gasteiger partial charge is 0.301 e.